The van der Waals surface area contributed by atoms with Crippen molar-refractivity contribution in [3.63, 3.8) is 0 Å². The fraction of sp³-hybridized carbons (Fsp3) is 1.00. The lowest BCUT2D eigenvalue weighted by Gasteiger charge is -2.50. The molecule has 0 bridgehead atoms. The summed E-state index contributed by atoms with van der Waals surface area (Å²) >= 11 is 0. The molecular weight excluding hydrogens is 218 g/mol. The van der Waals surface area contributed by atoms with Crippen molar-refractivity contribution in [3.8, 4) is 0 Å². The fourth-order valence-electron chi connectivity index (χ4n) is 3.54. The smallest absolute Gasteiger partial charge is 0.0983 e. The predicted molar refractivity (Wildman–Crippen MR) is 67.8 cm³/mol. The molecule has 102 valence electrons. The second-order valence-electron chi connectivity index (χ2n) is 5.46. The normalized spacial score (nSPS) is 26.8. The van der Waals surface area contributed by atoms with E-state index in [-0.39, 0.29) is 0 Å². The van der Waals surface area contributed by atoms with Gasteiger partial charge in [-0.15, -0.1) is 0 Å². The second kappa shape index (κ2) is 5.65. The first-order valence-corrected chi connectivity index (χ1v) is 6.62. The van der Waals surface area contributed by atoms with E-state index in [1.807, 2.05) is 11.9 Å². The van der Waals surface area contributed by atoms with Crippen molar-refractivity contribution in [3.05, 3.63) is 0 Å². The van der Waals surface area contributed by atoms with Gasteiger partial charge in [-0.05, 0) is 40.7 Å². The molecule has 3 unspecified atom stereocenters. The lowest BCUT2D eigenvalue weighted by atomic mass is 9.80. The molecule has 17 heavy (non-hydrogen) atoms. The minimum absolute atomic E-state index is 0.341. The molecule has 3 N–H and O–H groups in total. The van der Waals surface area contributed by atoms with Crippen LogP contribution in [0.1, 0.15) is 46.5 Å². The molecule has 0 aromatic heterocycles. The molecule has 1 saturated carbocycles. The Labute approximate surface area is 104 Å². The summed E-state index contributed by atoms with van der Waals surface area (Å²) in [4.78, 5) is 2.00. The summed E-state index contributed by atoms with van der Waals surface area (Å²) in [5, 5.41) is 30.2. The third-order valence-corrected chi connectivity index (χ3v) is 4.49. The van der Waals surface area contributed by atoms with Crippen LogP contribution in [0.15, 0.2) is 0 Å². The van der Waals surface area contributed by atoms with Crippen molar-refractivity contribution in [2.75, 3.05) is 7.05 Å². The third kappa shape index (κ3) is 2.50. The van der Waals surface area contributed by atoms with Crippen molar-refractivity contribution >= 4 is 0 Å². The van der Waals surface area contributed by atoms with Crippen LogP contribution in [0.25, 0.3) is 0 Å². The maximum Gasteiger partial charge on any atom is 0.0983 e. The van der Waals surface area contributed by atoms with E-state index in [2.05, 4.69) is 0 Å². The van der Waals surface area contributed by atoms with Gasteiger partial charge in [0.15, 0.2) is 0 Å². The number of nitrogens with zero attached hydrogens (tertiary/aromatic N) is 1. The summed E-state index contributed by atoms with van der Waals surface area (Å²) in [5.41, 5.74) is -0.977. The largest absolute Gasteiger partial charge is 0.391 e. The van der Waals surface area contributed by atoms with E-state index in [9.17, 15) is 15.3 Å². The summed E-state index contributed by atoms with van der Waals surface area (Å²) in [6.45, 7) is 4.93. The van der Waals surface area contributed by atoms with Crippen molar-refractivity contribution in [1.29, 1.82) is 0 Å². The van der Waals surface area contributed by atoms with Crippen molar-refractivity contribution in [2.24, 2.45) is 0 Å². The Morgan fingerprint density at radius 1 is 0.941 bits per heavy atom. The van der Waals surface area contributed by atoms with Gasteiger partial charge in [0.25, 0.3) is 0 Å². The van der Waals surface area contributed by atoms with E-state index in [0.29, 0.717) is 6.04 Å². The van der Waals surface area contributed by atoms with Gasteiger partial charge in [0, 0.05) is 6.04 Å². The summed E-state index contributed by atoms with van der Waals surface area (Å²) in [7, 11) is 1.90. The maximum absolute atomic E-state index is 10.1. The van der Waals surface area contributed by atoms with E-state index in [1.54, 1.807) is 20.8 Å². The van der Waals surface area contributed by atoms with Gasteiger partial charge in [-0.3, -0.25) is 4.90 Å². The lowest BCUT2D eigenvalue weighted by Crippen LogP contribution is -2.68. The van der Waals surface area contributed by atoms with Crippen LogP contribution in [0.4, 0.5) is 0 Å². The first-order valence-electron chi connectivity index (χ1n) is 6.62. The fourth-order valence-corrected chi connectivity index (χ4v) is 3.54. The molecule has 3 atom stereocenters. The van der Waals surface area contributed by atoms with Gasteiger partial charge >= 0.3 is 0 Å². The highest BCUT2D eigenvalue weighted by Gasteiger charge is 2.50. The maximum atomic E-state index is 10.1. The average Bonchev–Trinajstić information content (AvgIpc) is 2.68. The van der Waals surface area contributed by atoms with Crippen LogP contribution in [-0.2, 0) is 0 Å². The summed E-state index contributed by atoms with van der Waals surface area (Å²) in [6.07, 6.45) is 2.17. The van der Waals surface area contributed by atoms with Crippen molar-refractivity contribution in [1.82, 2.24) is 4.90 Å². The first-order chi connectivity index (χ1) is 7.85. The number of hydrogen-bond acceptors (Lipinski definition) is 4. The van der Waals surface area contributed by atoms with Crippen LogP contribution in [0.3, 0.4) is 0 Å². The van der Waals surface area contributed by atoms with Crippen LogP contribution >= 0.6 is 0 Å². The lowest BCUT2D eigenvalue weighted by molar-refractivity contribution is -0.152. The Morgan fingerprint density at radius 2 is 1.29 bits per heavy atom. The second-order valence-corrected chi connectivity index (χ2v) is 5.46. The highest BCUT2D eigenvalue weighted by atomic mass is 16.3. The van der Waals surface area contributed by atoms with E-state index in [1.165, 1.54) is 12.8 Å². The predicted octanol–water partition coefficient (Wildman–Crippen LogP) is 0.742. The molecule has 4 nitrogen and oxygen atoms in total. The highest BCUT2D eigenvalue weighted by Crippen LogP contribution is 2.34. The number of rotatable bonds is 5. The van der Waals surface area contributed by atoms with Gasteiger partial charge in [0.1, 0.15) is 0 Å². The molecule has 0 spiro atoms. The highest BCUT2D eigenvalue weighted by molar-refractivity contribution is 5.04. The molecule has 0 aromatic carbocycles. The monoisotopic (exact) mass is 245 g/mol. The zero-order valence-corrected chi connectivity index (χ0v) is 11.4. The van der Waals surface area contributed by atoms with Gasteiger partial charge in [-0.1, -0.05) is 12.8 Å². The standard InChI is InChI=1S/C13H27NO3/c1-9(15)13(10(2)16,11(3)17)14(4)12-7-5-6-8-12/h9-12,15-17H,5-8H2,1-4H3. The molecule has 0 aliphatic heterocycles. The molecule has 0 radical (unpaired) electrons. The molecule has 0 saturated heterocycles. The van der Waals surface area contributed by atoms with Gasteiger partial charge in [-0.2, -0.15) is 0 Å². The van der Waals surface area contributed by atoms with E-state index in [4.69, 9.17) is 0 Å². The quantitative estimate of drug-likeness (QED) is 0.668. The number of aliphatic hydroxyl groups is 3. The van der Waals surface area contributed by atoms with Crippen LogP contribution in [0.5, 0.6) is 0 Å². The summed E-state index contributed by atoms with van der Waals surface area (Å²) in [6, 6.07) is 0.341. The summed E-state index contributed by atoms with van der Waals surface area (Å²) < 4.78 is 0. The molecule has 1 rings (SSSR count). The van der Waals surface area contributed by atoms with Crippen molar-refractivity contribution in [2.45, 2.75) is 76.3 Å². The van der Waals surface area contributed by atoms with Gasteiger partial charge in [0.05, 0.1) is 23.9 Å². The Balaban J connectivity index is 3.02. The third-order valence-electron chi connectivity index (χ3n) is 4.49. The van der Waals surface area contributed by atoms with Gasteiger partial charge < -0.3 is 15.3 Å². The molecule has 1 aliphatic carbocycles. The zero-order valence-electron chi connectivity index (χ0n) is 11.4. The van der Waals surface area contributed by atoms with Crippen molar-refractivity contribution < 1.29 is 15.3 Å². The molecule has 4 heteroatoms. The minimum Gasteiger partial charge on any atom is -0.391 e. The van der Waals surface area contributed by atoms with E-state index < -0.39 is 23.9 Å². The van der Waals surface area contributed by atoms with Crippen LogP contribution in [0, 0.1) is 0 Å². The first kappa shape index (κ1) is 14.9. The molecule has 1 aliphatic rings. The molecular formula is C13H27NO3. The molecule has 0 heterocycles. The Hall–Kier alpha value is -0.160. The molecule has 0 amide bonds. The topological polar surface area (TPSA) is 63.9 Å². The number of aliphatic hydroxyl groups excluding tert-OH is 3. The SMILES string of the molecule is CC(O)C(C(C)O)(C(C)O)N(C)C1CCCC1. The number of likely N-dealkylation sites (N-methyl/N-ethyl adjacent to an activating group) is 1. The van der Waals surface area contributed by atoms with Gasteiger partial charge in [0.2, 0.25) is 0 Å². The average molecular weight is 245 g/mol. The van der Waals surface area contributed by atoms with Crippen LogP contribution in [0.2, 0.25) is 0 Å². The van der Waals surface area contributed by atoms with E-state index >= 15 is 0 Å². The van der Waals surface area contributed by atoms with Crippen LogP contribution in [-0.4, -0.2) is 57.2 Å². The zero-order chi connectivity index (χ0) is 13.2. The Kier molecular flexibility index (Phi) is 4.95. The number of hydrogen-bond donors (Lipinski definition) is 3. The van der Waals surface area contributed by atoms with Gasteiger partial charge in [-0.25, -0.2) is 0 Å². The summed E-state index contributed by atoms with van der Waals surface area (Å²) in [5.74, 6) is 0. The minimum atomic E-state index is -0.977. The van der Waals surface area contributed by atoms with Crippen LogP contribution < -0.4 is 0 Å². The Morgan fingerprint density at radius 3 is 1.59 bits per heavy atom. The molecule has 0 aromatic rings. The molecule has 1 fully saturated rings. The Bertz CT molecular complexity index is 213. The van der Waals surface area contributed by atoms with E-state index in [0.717, 1.165) is 12.8 Å².